The van der Waals surface area contributed by atoms with Crippen molar-refractivity contribution in [3.8, 4) is 0 Å². The van der Waals surface area contributed by atoms with Crippen molar-refractivity contribution in [2.24, 2.45) is 5.92 Å². The number of hydrogen-bond donors (Lipinski definition) is 1. The van der Waals surface area contributed by atoms with E-state index >= 15 is 0 Å². The summed E-state index contributed by atoms with van der Waals surface area (Å²) in [5.74, 6) is 0.468. The van der Waals surface area contributed by atoms with Gasteiger partial charge in [0.1, 0.15) is 6.10 Å². The van der Waals surface area contributed by atoms with E-state index in [-0.39, 0.29) is 18.1 Å². The van der Waals surface area contributed by atoms with Crippen molar-refractivity contribution in [3.05, 3.63) is 0 Å². The average Bonchev–Trinajstić information content (AvgIpc) is 3.02. The molecule has 19 heavy (non-hydrogen) atoms. The van der Waals surface area contributed by atoms with E-state index in [1.807, 2.05) is 4.90 Å². The summed E-state index contributed by atoms with van der Waals surface area (Å²) in [5.41, 5.74) is 0. The van der Waals surface area contributed by atoms with Crippen molar-refractivity contribution in [2.75, 3.05) is 39.4 Å². The van der Waals surface area contributed by atoms with Crippen LogP contribution in [-0.4, -0.2) is 62.4 Å². The molecule has 5 heteroatoms. The largest absolute Gasteiger partial charge is 0.375 e. The third kappa shape index (κ3) is 3.09. The fourth-order valence-corrected chi connectivity index (χ4v) is 3.32. The van der Waals surface area contributed by atoms with Crippen LogP contribution in [0.1, 0.15) is 25.7 Å². The summed E-state index contributed by atoms with van der Waals surface area (Å²) < 4.78 is 11.5. The molecule has 0 spiro atoms. The van der Waals surface area contributed by atoms with Crippen LogP contribution in [0, 0.1) is 5.92 Å². The predicted octanol–water partition coefficient (Wildman–Crippen LogP) is 0.392. The standard InChI is InChI=1S/C14H24N2O3/c17-14(11-3-1-5-15-9-11)16-6-8-19-13(10-16)12-4-2-7-18-12/h11-13,15H,1-10H2/t11-,12-,13-/m1/s1. The van der Waals surface area contributed by atoms with Crippen LogP contribution in [0.15, 0.2) is 0 Å². The zero-order chi connectivity index (χ0) is 13.1. The van der Waals surface area contributed by atoms with E-state index in [1.54, 1.807) is 0 Å². The first-order valence-corrected chi connectivity index (χ1v) is 7.57. The van der Waals surface area contributed by atoms with Gasteiger partial charge in [0, 0.05) is 26.2 Å². The topological polar surface area (TPSA) is 50.8 Å². The lowest BCUT2D eigenvalue weighted by molar-refractivity contribution is -0.149. The normalized spacial score (nSPS) is 36.4. The molecule has 0 aromatic carbocycles. The van der Waals surface area contributed by atoms with Gasteiger partial charge in [-0.3, -0.25) is 4.79 Å². The number of amides is 1. The van der Waals surface area contributed by atoms with Crippen LogP contribution in [0.3, 0.4) is 0 Å². The molecule has 3 atom stereocenters. The van der Waals surface area contributed by atoms with Gasteiger partial charge in [-0.1, -0.05) is 0 Å². The number of morpholine rings is 1. The molecule has 3 aliphatic rings. The number of hydrogen-bond acceptors (Lipinski definition) is 4. The molecule has 0 aliphatic carbocycles. The predicted molar refractivity (Wildman–Crippen MR) is 70.9 cm³/mol. The summed E-state index contributed by atoms with van der Waals surface area (Å²) >= 11 is 0. The van der Waals surface area contributed by atoms with Gasteiger partial charge in [-0.2, -0.15) is 0 Å². The third-order valence-electron chi connectivity index (χ3n) is 4.43. The van der Waals surface area contributed by atoms with Crippen molar-refractivity contribution in [1.82, 2.24) is 10.2 Å². The van der Waals surface area contributed by atoms with E-state index in [0.29, 0.717) is 19.1 Å². The molecule has 0 bridgehead atoms. The number of nitrogens with one attached hydrogen (secondary N) is 1. The molecule has 108 valence electrons. The molecule has 0 saturated carbocycles. The number of nitrogens with zero attached hydrogens (tertiary/aromatic N) is 1. The van der Waals surface area contributed by atoms with Gasteiger partial charge in [-0.25, -0.2) is 0 Å². The minimum Gasteiger partial charge on any atom is -0.375 e. The number of carbonyl (C=O) groups is 1. The molecule has 3 aliphatic heterocycles. The van der Waals surface area contributed by atoms with Crippen molar-refractivity contribution in [1.29, 1.82) is 0 Å². The minimum absolute atomic E-state index is 0.0803. The van der Waals surface area contributed by atoms with Crippen molar-refractivity contribution < 1.29 is 14.3 Å². The maximum absolute atomic E-state index is 12.5. The van der Waals surface area contributed by atoms with Crippen LogP contribution in [0.4, 0.5) is 0 Å². The van der Waals surface area contributed by atoms with Crippen LogP contribution >= 0.6 is 0 Å². The molecule has 3 saturated heterocycles. The number of carbonyl (C=O) groups excluding carboxylic acids is 1. The van der Waals surface area contributed by atoms with Crippen molar-refractivity contribution >= 4 is 5.91 Å². The molecular formula is C14H24N2O3. The highest BCUT2D eigenvalue weighted by Crippen LogP contribution is 2.22. The minimum atomic E-state index is 0.0803. The van der Waals surface area contributed by atoms with E-state index in [9.17, 15) is 4.79 Å². The van der Waals surface area contributed by atoms with Crippen LogP contribution in [0.5, 0.6) is 0 Å². The van der Waals surface area contributed by atoms with Crippen LogP contribution in [0.2, 0.25) is 0 Å². The second-order valence-corrected chi connectivity index (χ2v) is 5.79. The maximum atomic E-state index is 12.5. The second-order valence-electron chi connectivity index (χ2n) is 5.79. The Hall–Kier alpha value is -0.650. The third-order valence-corrected chi connectivity index (χ3v) is 4.43. The van der Waals surface area contributed by atoms with Crippen molar-refractivity contribution in [3.63, 3.8) is 0 Å². The highest BCUT2D eigenvalue weighted by molar-refractivity contribution is 5.79. The Morgan fingerprint density at radius 1 is 1.11 bits per heavy atom. The Morgan fingerprint density at radius 3 is 2.74 bits per heavy atom. The monoisotopic (exact) mass is 268 g/mol. The molecule has 5 nitrogen and oxygen atoms in total. The fraction of sp³-hybridized carbons (Fsp3) is 0.929. The summed E-state index contributed by atoms with van der Waals surface area (Å²) in [6.45, 7) is 4.81. The van der Waals surface area contributed by atoms with Gasteiger partial charge < -0.3 is 19.7 Å². The first kappa shape index (κ1) is 13.3. The molecule has 0 unspecified atom stereocenters. The number of ether oxygens (including phenoxy) is 2. The van der Waals surface area contributed by atoms with Gasteiger partial charge in [0.25, 0.3) is 0 Å². The molecular weight excluding hydrogens is 244 g/mol. The fourth-order valence-electron chi connectivity index (χ4n) is 3.32. The zero-order valence-electron chi connectivity index (χ0n) is 11.5. The van der Waals surface area contributed by atoms with E-state index < -0.39 is 0 Å². The second kappa shape index (κ2) is 6.20. The Balaban J connectivity index is 1.56. The van der Waals surface area contributed by atoms with Gasteiger partial charge in [0.15, 0.2) is 0 Å². The molecule has 3 heterocycles. The lowest BCUT2D eigenvalue weighted by Gasteiger charge is -2.37. The molecule has 0 aromatic rings. The first-order chi connectivity index (χ1) is 9.34. The number of rotatable bonds is 2. The lowest BCUT2D eigenvalue weighted by atomic mass is 9.97. The molecule has 0 aromatic heterocycles. The molecule has 1 amide bonds. The summed E-state index contributed by atoms with van der Waals surface area (Å²) in [7, 11) is 0. The Labute approximate surface area is 114 Å². The summed E-state index contributed by atoms with van der Waals surface area (Å²) in [6, 6.07) is 0. The molecule has 3 rings (SSSR count). The maximum Gasteiger partial charge on any atom is 0.227 e. The first-order valence-electron chi connectivity index (χ1n) is 7.57. The molecule has 0 radical (unpaired) electrons. The number of piperidine rings is 1. The van der Waals surface area contributed by atoms with E-state index in [2.05, 4.69) is 5.32 Å². The summed E-state index contributed by atoms with van der Waals surface area (Å²) in [5, 5.41) is 3.32. The SMILES string of the molecule is O=C([C@@H]1CCCNC1)N1CCO[C@@H]([C@H]2CCCO2)C1. The van der Waals surface area contributed by atoms with Gasteiger partial charge in [0.05, 0.1) is 18.6 Å². The van der Waals surface area contributed by atoms with Crippen molar-refractivity contribution in [2.45, 2.75) is 37.9 Å². The lowest BCUT2D eigenvalue weighted by Crippen LogP contribution is -2.52. The van der Waals surface area contributed by atoms with Crippen LogP contribution in [-0.2, 0) is 14.3 Å². The molecule has 1 N–H and O–H groups in total. The quantitative estimate of drug-likeness (QED) is 0.787. The van der Waals surface area contributed by atoms with Gasteiger partial charge in [-0.15, -0.1) is 0 Å². The highest BCUT2D eigenvalue weighted by atomic mass is 16.5. The summed E-state index contributed by atoms with van der Waals surface area (Å²) in [4.78, 5) is 14.5. The van der Waals surface area contributed by atoms with E-state index in [4.69, 9.17) is 9.47 Å². The average molecular weight is 268 g/mol. The van der Waals surface area contributed by atoms with Gasteiger partial charge >= 0.3 is 0 Å². The smallest absolute Gasteiger partial charge is 0.227 e. The Morgan fingerprint density at radius 2 is 2.00 bits per heavy atom. The summed E-state index contributed by atoms with van der Waals surface area (Å²) in [6.07, 6.45) is 4.59. The van der Waals surface area contributed by atoms with Crippen LogP contribution in [0.25, 0.3) is 0 Å². The van der Waals surface area contributed by atoms with E-state index in [0.717, 1.165) is 51.9 Å². The van der Waals surface area contributed by atoms with Gasteiger partial charge in [-0.05, 0) is 32.2 Å². The highest BCUT2D eigenvalue weighted by Gasteiger charge is 2.35. The Kier molecular flexibility index (Phi) is 4.35. The zero-order valence-corrected chi connectivity index (χ0v) is 11.5. The van der Waals surface area contributed by atoms with Gasteiger partial charge in [0.2, 0.25) is 5.91 Å². The molecule has 3 fully saturated rings. The Bertz CT molecular complexity index is 312. The van der Waals surface area contributed by atoms with E-state index in [1.165, 1.54) is 0 Å². The van der Waals surface area contributed by atoms with Crippen LogP contribution < -0.4 is 5.32 Å².